The van der Waals surface area contributed by atoms with Crippen LogP contribution in [-0.4, -0.2) is 6.61 Å². The van der Waals surface area contributed by atoms with Crippen LogP contribution in [-0.2, 0) is 6.54 Å². The van der Waals surface area contributed by atoms with Gasteiger partial charge in [0, 0.05) is 12.6 Å². The molecule has 2 aromatic carbocycles. The molecule has 1 unspecified atom stereocenters. The third-order valence-electron chi connectivity index (χ3n) is 3.18. The lowest BCUT2D eigenvalue weighted by Gasteiger charge is -2.15. The van der Waals surface area contributed by atoms with Gasteiger partial charge >= 0.3 is 0 Å². The Morgan fingerprint density at radius 1 is 1.24 bits per heavy atom. The molecule has 0 aliphatic rings. The Morgan fingerprint density at radius 3 is 2.67 bits per heavy atom. The van der Waals surface area contributed by atoms with Crippen molar-refractivity contribution in [2.75, 3.05) is 6.61 Å². The first-order valence-corrected chi connectivity index (χ1v) is 6.76. The van der Waals surface area contributed by atoms with Crippen molar-refractivity contribution in [1.82, 2.24) is 5.32 Å². The fraction of sp³-hybridized carbons (Fsp3) is 0.235. The predicted octanol–water partition coefficient (Wildman–Crippen LogP) is 3.58. The van der Waals surface area contributed by atoms with Crippen LogP contribution in [0.5, 0.6) is 5.75 Å². The number of nitrogens with zero attached hydrogens (tertiary/aromatic N) is 1. The molecule has 4 heteroatoms. The molecular formula is C17H17FN2O. The van der Waals surface area contributed by atoms with Crippen LogP contribution in [0.2, 0.25) is 0 Å². The molecule has 0 spiro atoms. The molecular weight excluding hydrogens is 267 g/mol. The number of hydrogen-bond donors (Lipinski definition) is 1. The summed E-state index contributed by atoms with van der Waals surface area (Å²) in [4.78, 5) is 0. The van der Waals surface area contributed by atoms with Crippen LogP contribution in [0, 0.1) is 17.1 Å². The summed E-state index contributed by atoms with van der Waals surface area (Å²) in [5.74, 6) is 0.457. The van der Waals surface area contributed by atoms with Gasteiger partial charge in [-0.1, -0.05) is 24.3 Å². The molecule has 0 saturated carbocycles. The fourth-order valence-corrected chi connectivity index (χ4v) is 2.00. The van der Waals surface area contributed by atoms with Crippen LogP contribution in [0.25, 0.3) is 0 Å². The summed E-state index contributed by atoms with van der Waals surface area (Å²) in [6.45, 7) is 2.70. The van der Waals surface area contributed by atoms with Gasteiger partial charge in [0.1, 0.15) is 17.6 Å². The monoisotopic (exact) mass is 284 g/mol. The molecule has 0 aromatic heterocycles. The van der Waals surface area contributed by atoms with Crippen LogP contribution >= 0.6 is 0 Å². The van der Waals surface area contributed by atoms with E-state index in [1.165, 1.54) is 12.1 Å². The summed E-state index contributed by atoms with van der Waals surface area (Å²) in [7, 11) is 0. The molecule has 0 fully saturated rings. The van der Waals surface area contributed by atoms with Gasteiger partial charge in [-0.25, -0.2) is 4.39 Å². The first-order chi connectivity index (χ1) is 10.2. The molecule has 0 radical (unpaired) electrons. The van der Waals surface area contributed by atoms with Gasteiger partial charge in [-0.2, -0.15) is 5.26 Å². The summed E-state index contributed by atoms with van der Waals surface area (Å²) in [5.41, 5.74) is 2.02. The highest BCUT2D eigenvalue weighted by molar-refractivity contribution is 5.29. The third kappa shape index (κ3) is 4.59. The molecule has 1 atom stereocenters. The van der Waals surface area contributed by atoms with E-state index >= 15 is 0 Å². The van der Waals surface area contributed by atoms with Gasteiger partial charge in [0.15, 0.2) is 6.61 Å². The Bertz CT molecular complexity index is 619. The zero-order valence-corrected chi connectivity index (χ0v) is 11.8. The molecule has 21 heavy (non-hydrogen) atoms. The smallest absolute Gasteiger partial charge is 0.174 e. The fourth-order valence-electron chi connectivity index (χ4n) is 2.00. The highest BCUT2D eigenvalue weighted by Crippen LogP contribution is 2.18. The number of benzene rings is 2. The minimum atomic E-state index is -0.221. The summed E-state index contributed by atoms with van der Waals surface area (Å²) < 4.78 is 18.3. The molecule has 0 bridgehead atoms. The lowest BCUT2D eigenvalue weighted by Crippen LogP contribution is -2.18. The Hall–Kier alpha value is -2.38. The molecule has 0 amide bonds. The van der Waals surface area contributed by atoms with Crippen molar-refractivity contribution in [2.24, 2.45) is 0 Å². The van der Waals surface area contributed by atoms with Crippen molar-refractivity contribution in [3.8, 4) is 11.8 Å². The van der Waals surface area contributed by atoms with Gasteiger partial charge < -0.3 is 10.1 Å². The highest BCUT2D eigenvalue weighted by Gasteiger charge is 2.05. The molecule has 1 N–H and O–H groups in total. The first kappa shape index (κ1) is 15.0. The summed E-state index contributed by atoms with van der Waals surface area (Å²) in [5, 5.41) is 11.8. The van der Waals surface area contributed by atoms with Gasteiger partial charge in [0.05, 0.1) is 0 Å². The van der Waals surface area contributed by atoms with E-state index in [2.05, 4.69) is 5.32 Å². The number of rotatable bonds is 6. The molecule has 0 aliphatic heterocycles. The second kappa shape index (κ2) is 7.41. The van der Waals surface area contributed by atoms with Crippen molar-refractivity contribution in [2.45, 2.75) is 19.5 Å². The topological polar surface area (TPSA) is 45.0 Å². The van der Waals surface area contributed by atoms with E-state index in [4.69, 9.17) is 10.00 Å². The number of nitrogens with one attached hydrogen (secondary N) is 1. The van der Waals surface area contributed by atoms with E-state index in [9.17, 15) is 4.39 Å². The Labute approximate surface area is 124 Å². The third-order valence-corrected chi connectivity index (χ3v) is 3.18. The van der Waals surface area contributed by atoms with Crippen LogP contribution in [0.3, 0.4) is 0 Å². The highest BCUT2D eigenvalue weighted by atomic mass is 19.1. The van der Waals surface area contributed by atoms with Gasteiger partial charge in [-0.05, 0) is 42.3 Å². The summed E-state index contributed by atoms with van der Waals surface area (Å²) in [6, 6.07) is 16.2. The number of halogens is 1. The second-order valence-electron chi connectivity index (χ2n) is 4.75. The van der Waals surface area contributed by atoms with E-state index in [-0.39, 0.29) is 18.5 Å². The average Bonchev–Trinajstić information content (AvgIpc) is 2.51. The minimum absolute atomic E-state index is 0.0483. The second-order valence-corrected chi connectivity index (χ2v) is 4.75. The zero-order chi connectivity index (χ0) is 15.1. The van der Waals surface area contributed by atoms with Crippen LogP contribution in [0.15, 0.2) is 48.5 Å². The predicted molar refractivity (Wildman–Crippen MR) is 79.2 cm³/mol. The van der Waals surface area contributed by atoms with E-state index in [0.29, 0.717) is 12.3 Å². The van der Waals surface area contributed by atoms with E-state index in [1.807, 2.05) is 43.3 Å². The Kier molecular flexibility index (Phi) is 5.30. The molecule has 0 heterocycles. The van der Waals surface area contributed by atoms with E-state index in [0.717, 1.165) is 11.1 Å². The molecule has 3 nitrogen and oxygen atoms in total. The van der Waals surface area contributed by atoms with Crippen molar-refractivity contribution in [1.29, 1.82) is 5.26 Å². The normalized spacial score (nSPS) is 11.7. The van der Waals surface area contributed by atoms with Crippen LogP contribution in [0.4, 0.5) is 4.39 Å². The van der Waals surface area contributed by atoms with Crippen molar-refractivity contribution in [3.63, 3.8) is 0 Å². The number of hydrogen-bond acceptors (Lipinski definition) is 3. The molecule has 2 rings (SSSR count). The first-order valence-electron chi connectivity index (χ1n) is 6.76. The summed E-state index contributed by atoms with van der Waals surface area (Å²) >= 11 is 0. The van der Waals surface area contributed by atoms with Gasteiger partial charge in [-0.15, -0.1) is 0 Å². The number of nitriles is 1. The Morgan fingerprint density at radius 2 is 2.00 bits per heavy atom. The van der Waals surface area contributed by atoms with Gasteiger partial charge in [-0.3, -0.25) is 0 Å². The quantitative estimate of drug-likeness (QED) is 0.882. The van der Waals surface area contributed by atoms with Crippen molar-refractivity contribution < 1.29 is 9.13 Å². The average molecular weight is 284 g/mol. The molecule has 0 aliphatic carbocycles. The largest absolute Gasteiger partial charge is 0.479 e. The van der Waals surface area contributed by atoms with Crippen LogP contribution in [0.1, 0.15) is 24.1 Å². The molecule has 0 saturated heterocycles. The standard InChI is InChI=1S/C17H17FN2O/c1-13(20-12-14-3-2-4-16(18)11-14)15-5-7-17(8-6-15)21-10-9-19/h2-8,11,13,20H,10,12H2,1H3. The van der Waals surface area contributed by atoms with E-state index < -0.39 is 0 Å². The molecule has 108 valence electrons. The molecule has 2 aromatic rings. The maximum Gasteiger partial charge on any atom is 0.174 e. The van der Waals surface area contributed by atoms with E-state index in [1.54, 1.807) is 6.07 Å². The maximum absolute atomic E-state index is 13.1. The van der Waals surface area contributed by atoms with Crippen molar-refractivity contribution >= 4 is 0 Å². The minimum Gasteiger partial charge on any atom is -0.479 e. The Balaban J connectivity index is 1.91. The lowest BCUT2D eigenvalue weighted by molar-refractivity contribution is 0.368. The van der Waals surface area contributed by atoms with Crippen LogP contribution < -0.4 is 10.1 Å². The summed E-state index contributed by atoms with van der Waals surface area (Å²) in [6.07, 6.45) is 0. The lowest BCUT2D eigenvalue weighted by atomic mass is 10.1. The number of ether oxygens (including phenoxy) is 1. The zero-order valence-electron chi connectivity index (χ0n) is 11.8. The van der Waals surface area contributed by atoms with Gasteiger partial charge in [0.25, 0.3) is 0 Å². The SMILES string of the molecule is CC(NCc1cccc(F)c1)c1ccc(OCC#N)cc1. The van der Waals surface area contributed by atoms with Gasteiger partial charge in [0.2, 0.25) is 0 Å². The maximum atomic E-state index is 13.1. The van der Waals surface area contributed by atoms with Crippen molar-refractivity contribution in [3.05, 3.63) is 65.5 Å².